The van der Waals surface area contributed by atoms with E-state index in [9.17, 15) is 22.0 Å². The second-order valence-corrected chi connectivity index (χ2v) is 8.61. The third-order valence-corrected chi connectivity index (χ3v) is 6.16. The van der Waals surface area contributed by atoms with Crippen molar-refractivity contribution in [3.63, 3.8) is 0 Å². The van der Waals surface area contributed by atoms with E-state index in [0.717, 1.165) is 35.4 Å². The minimum absolute atomic E-state index is 0.0511. The normalized spacial score (nSPS) is 11.6. The minimum Gasteiger partial charge on any atom is -0.489 e. The van der Waals surface area contributed by atoms with E-state index in [2.05, 4.69) is 4.98 Å². The van der Waals surface area contributed by atoms with Crippen molar-refractivity contribution in [3.05, 3.63) is 119 Å². The third kappa shape index (κ3) is 4.89. The largest absolute Gasteiger partial charge is 0.489 e. The Morgan fingerprint density at radius 2 is 1.59 bits per heavy atom. The van der Waals surface area contributed by atoms with Crippen LogP contribution >= 0.6 is 0 Å². The van der Waals surface area contributed by atoms with Crippen LogP contribution in [0.1, 0.15) is 16.7 Å². The second-order valence-electron chi connectivity index (χ2n) is 8.61. The Labute approximate surface area is 210 Å². The summed E-state index contributed by atoms with van der Waals surface area (Å²) in [5.74, 6) is -0.826. The molecule has 2 nitrogen and oxygen atoms in total. The number of fused-ring (bicyclic) bond motifs is 1. The van der Waals surface area contributed by atoms with E-state index in [1.165, 1.54) is 12.3 Å². The maximum Gasteiger partial charge on any atom is 0.418 e. The molecule has 7 heteroatoms. The van der Waals surface area contributed by atoms with Crippen molar-refractivity contribution in [2.75, 3.05) is 0 Å². The fourth-order valence-corrected chi connectivity index (χ4v) is 4.40. The monoisotopic (exact) mass is 505 g/mol. The average Bonchev–Trinajstić information content (AvgIpc) is 2.88. The smallest absolute Gasteiger partial charge is 0.418 e. The van der Waals surface area contributed by atoms with Crippen LogP contribution in [-0.4, -0.2) is 4.98 Å². The zero-order chi connectivity index (χ0) is 26.2. The second kappa shape index (κ2) is 9.65. The number of nitrogens with zero attached hydrogens (tertiary/aromatic N) is 1. The summed E-state index contributed by atoms with van der Waals surface area (Å²) in [6.07, 6.45) is -3.11. The Morgan fingerprint density at radius 1 is 0.811 bits per heavy atom. The van der Waals surface area contributed by atoms with Gasteiger partial charge in [0.25, 0.3) is 0 Å². The number of rotatable bonds is 5. The zero-order valence-corrected chi connectivity index (χ0v) is 19.6. The Morgan fingerprint density at radius 3 is 2.38 bits per heavy atom. The van der Waals surface area contributed by atoms with Gasteiger partial charge < -0.3 is 4.74 Å². The molecule has 0 N–H and O–H groups in total. The van der Waals surface area contributed by atoms with Gasteiger partial charge in [-0.2, -0.15) is 13.2 Å². The number of ether oxygens (including phenoxy) is 1. The molecule has 0 spiro atoms. The van der Waals surface area contributed by atoms with E-state index in [-0.39, 0.29) is 17.7 Å². The Kier molecular flexibility index (Phi) is 6.38. The van der Waals surface area contributed by atoms with Gasteiger partial charge in [0.1, 0.15) is 24.0 Å². The fraction of sp³-hybridized carbons (Fsp3) is 0.100. The van der Waals surface area contributed by atoms with Crippen LogP contribution < -0.4 is 4.74 Å². The molecule has 186 valence electrons. The molecule has 0 fully saturated rings. The van der Waals surface area contributed by atoms with Crippen LogP contribution in [0.3, 0.4) is 0 Å². The topological polar surface area (TPSA) is 22.1 Å². The molecule has 0 aliphatic rings. The van der Waals surface area contributed by atoms with Gasteiger partial charge in [0.2, 0.25) is 0 Å². The lowest BCUT2D eigenvalue weighted by atomic mass is 9.90. The van der Waals surface area contributed by atoms with Gasteiger partial charge in [-0.05, 0) is 60.0 Å². The van der Waals surface area contributed by atoms with Gasteiger partial charge in [-0.3, -0.25) is 4.98 Å². The van der Waals surface area contributed by atoms with Gasteiger partial charge >= 0.3 is 6.18 Å². The first kappa shape index (κ1) is 24.4. The molecule has 4 aromatic carbocycles. The number of halogens is 5. The molecule has 0 amide bonds. The van der Waals surface area contributed by atoms with Crippen LogP contribution in [0.15, 0.2) is 91.1 Å². The number of pyridine rings is 1. The van der Waals surface area contributed by atoms with Crippen molar-refractivity contribution >= 4 is 10.9 Å². The summed E-state index contributed by atoms with van der Waals surface area (Å²) in [7, 11) is 0. The SMILES string of the molecule is Cc1ccccc1-c1cnc2c(C(F)(F)F)cccc2c1-c1cccc(OCc2cc(F)ccc2F)c1. The van der Waals surface area contributed by atoms with E-state index in [1.54, 1.807) is 30.3 Å². The average molecular weight is 505 g/mol. The van der Waals surface area contributed by atoms with Crippen molar-refractivity contribution < 1.29 is 26.7 Å². The Balaban J connectivity index is 1.67. The predicted molar refractivity (Wildman–Crippen MR) is 133 cm³/mol. The standard InChI is InChI=1S/C30H20F5NO/c1-18-6-2-3-9-23(18)25-16-36-29-24(10-5-11-26(29)30(33,34)35)28(25)19-7-4-8-22(15-19)37-17-20-14-21(31)12-13-27(20)32/h2-16H,17H2,1H3. The first-order valence-corrected chi connectivity index (χ1v) is 11.4. The number of alkyl halides is 3. The van der Waals surface area contributed by atoms with Gasteiger partial charge in [-0.25, -0.2) is 8.78 Å². The molecular weight excluding hydrogens is 485 g/mol. The van der Waals surface area contributed by atoms with Gasteiger partial charge in [0, 0.05) is 28.3 Å². The summed E-state index contributed by atoms with van der Waals surface area (Å²) in [6.45, 7) is 1.70. The van der Waals surface area contributed by atoms with E-state index in [4.69, 9.17) is 4.74 Å². The highest BCUT2D eigenvalue weighted by atomic mass is 19.4. The van der Waals surface area contributed by atoms with Crippen molar-refractivity contribution in [1.29, 1.82) is 0 Å². The summed E-state index contributed by atoms with van der Waals surface area (Å²) in [5, 5.41) is 0.337. The fourth-order valence-electron chi connectivity index (χ4n) is 4.40. The van der Waals surface area contributed by atoms with Crippen LogP contribution in [0, 0.1) is 18.6 Å². The number of aryl methyl sites for hydroxylation is 1. The molecule has 0 saturated carbocycles. The van der Waals surface area contributed by atoms with Gasteiger partial charge in [0.15, 0.2) is 0 Å². The molecule has 0 aliphatic heterocycles. The highest BCUT2D eigenvalue weighted by Crippen LogP contribution is 2.42. The lowest BCUT2D eigenvalue weighted by molar-refractivity contribution is -0.136. The van der Waals surface area contributed by atoms with Crippen LogP contribution in [-0.2, 0) is 12.8 Å². The van der Waals surface area contributed by atoms with Crippen molar-refractivity contribution in [1.82, 2.24) is 4.98 Å². The summed E-state index contributed by atoms with van der Waals surface area (Å²) < 4.78 is 74.8. The molecular formula is C30H20F5NO. The predicted octanol–water partition coefficient (Wildman–Crippen LogP) is 8.75. The highest BCUT2D eigenvalue weighted by Gasteiger charge is 2.33. The van der Waals surface area contributed by atoms with Crippen molar-refractivity contribution in [2.45, 2.75) is 19.7 Å². The van der Waals surface area contributed by atoms with E-state index in [1.807, 2.05) is 31.2 Å². The first-order chi connectivity index (χ1) is 17.7. The van der Waals surface area contributed by atoms with Crippen LogP contribution in [0.5, 0.6) is 5.75 Å². The number of aromatic nitrogens is 1. The molecule has 0 atom stereocenters. The zero-order valence-electron chi connectivity index (χ0n) is 19.6. The van der Waals surface area contributed by atoms with Crippen LogP contribution in [0.2, 0.25) is 0 Å². The molecule has 5 rings (SSSR count). The molecule has 0 saturated heterocycles. The van der Waals surface area contributed by atoms with Crippen LogP contribution in [0.25, 0.3) is 33.2 Å². The molecule has 0 radical (unpaired) electrons. The molecule has 1 aromatic heterocycles. The number of para-hydroxylation sites is 1. The lowest BCUT2D eigenvalue weighted by Crippen LogP contribution is -2.07. The quantitative estimate of drug-likeness (QED) is 0.223. The number of benzene rings is 4. The molecule has 0 bridgehead atoms. The van der Waals surface area contributed by atoms with Crippen LogP contribution in [0.4, 0.5) is 22.0 Å². The van der Waals surface area contributed by atoms with Gasteiger partial charge in [0.05, 0.1) is 11.1 Å². The number of hydrogen-bond acceptors (Lipinski definition) is 2. The third-order valence-electron chi connectivity index (χ3n) is 6.16. The first-order valence-electron chi connectivity index (χ1n) is 11.4. The minimum atomic E-state index is -4.58. The summed E-state index contributed by atoms with van der Waals surface area (Å²) in [6, 6.07) is 21.5. The van der Waals surface area contributed by atoms with Gasteiger partial charge in [-0.15, -0.1) is 0 Å². The van der Waals surface area contributed by atoms with Crippen molar-refractivity contribution in [2.24, 2.45) is 0 Å². The maximum absolute atomic E-state index is 14.1. The lowest BCUT2D eigenvalue weighted by Gasteiger charge is -2.18. The Bertz CT molecular complexity index is 1610. The Hall–Kier alpha value is -4.26. The van der Waals surface area contributed by atoms with Gasteiger partial charge in [-0.1, -0.05) is 48.5 Å². The highest BCUT2D eigenvalue weighted by molar-refractivity contribution is 6.03. The molecule has 0 aliphatic carbocycles. The summed E-state index contributed by atoms with van der Waals surface area (Å²) in [5.41, 5.74) is 2.67. The number of hydrogen-bond donors (Lipinski definition) is 0. The molecule has 1 heterocycles. The van der Waals surface area contributed by atoms with E-state index < -0.39 is 23.4 Å². The van der Waals surface area contributed by atoms with E-state index in [0.29, 0.717) is 27.8 Å². The molecule has 5 aromatic rings. The van der Waals surface area contributed by atoms with E-state index >= 15 is 0 Å². The summed E-state index contributed by atoms with van der Waals surface area (Å²) >= 11 is 0. The van der Waals surface area contributed by atoms with Crippen molar-refractivity contribution in [3.8, 4) is 28.0 Å². The molecule has 37 heavy (non-hydrogen) atoms. The maximum atomic E-state index is 14.1. The summed E-state index contributed by atoms with van der Waals surface area (Å²) in [4.78, 5) is 4.24. The molecule has 0 unspecified atom stereocenters.